The van der Waals surface area contributed by atoms with Gasteiger partial charge in [0.2, 0.25) is 0 Å². The highest BCUT2D eigenvalue weighted by Gasteiger charge is 2.41. The molecule has 110 valence electrons. The van der Waals surface area contributed by atoms with E-state index in [-0.39, 0.29) is 18.7 Å². The number of aliphatic hydroxyl groups is 1. The normalized spacial score (nSPS) is 31.8. The van der Waals surface area contributed by atoms with Gasteiger partial charge in [-0.2, -0.15) is 0 Å². The molecule has 19 heavy (non-hydrogen) atoms. The largest absolute Gasteiger partial charge is 0.444 e. The van der Waals surface area contributed by atoms with E-state index in [2.05, 4.69) is 5.32 Å². The molecular formula is C14H26N2O3. The molecule has 0 aromatic heterocycles. The minimum Gasteiger partial charge on any atom is -0.444 e. The SMILES string of the molecule is CC(C)(C)OC(=O)N1CCNCC1C1CC(CO)C1. The Morgan fingerprint density at radius 1 is 1.42 bits per heavy atom. The Hall–Kier alpha value is -0.810. The lowest BCUT2D eigenvalue weighted by molar-refractivity contribution is -0.0154. The zero-order chi connectivity index (χ0) is 14.0. The van der Waals surface area contributed by atoms with Crippen LogP contribution in [0, 0.1) is 11.8 Å². The molecular weight excluding hydrogens is 244 g/mol. The van der Waals surface area contributed by atoms with E-state index in [9.17, 15) is 4.79 Å². The van der Waals surface area contributed by atoms with Gasteiger partial charge in [-0.25, -0.2) is 4.79 Å². The Morgan fingerprint density at radius 2 is 2.11 bits per heavy atom. The van der Waals surface area contributed by atoms with Gasteiger partial charge in [-0.15, -0.1) is 0 Å². The van der Waals surface area contributed by atoms with Crippen LogP contribution in [0.4, 0.5) is 4.79 Å². The summed E-state index contributed by atoms with van der Waals surface area (Å²) < 4.78 is 5.49. The first kappa shape index (κ1) is 14.6. The van der Waals surface area contributed by atoms with Crippen molar-refractivity contribution >= 4 is 6.09 Å². The predicted molar refractivity (Wildman–Crippen MR) is 72.9 cm³/mol. The first-order chi connectivity index (χ1) is 8.90. The molecule has 0 radical (unpaired) electrons. The van der Waals surface area contributed by atoms with Crippen LogP contribution >= 0.6 is 0 Å². The van der Waals surface area contributed by atoms with E-state index >= 15 is 0 Å². The van der Waals surface area contributed by atoms with E-state index in [0.29, 0.717) is 18.4 Å². The summed E-state index contributed by atoms with van der Waals surface area (Å²) in [5.74, 6) is 0.921. The highest BCUT2D eigenvalue weighted by Crippen LogP contribution is 2.38. The van der Waals surface area contributed by atoms with Crippen LogP contribution in [-0.4, -0.2) is 54.0 Å². The third kappa shape index (κ3) is 3.60. The van der Waals surface area contributed by atoms with Crippen LogP contribution in [0.1, 0.15) is 33.6 Å². The highest BCUT2D eigenvalue weighted by atomic mass is 16.6. The minimum atomic E-state index is -0.445. The fraction of sp³-hybridized carbons (Fsp3) is 0.929. The van der Waals surface area contributed by atoms with Crippen molar-refractivity contribution in [3.05, 3.63) is 0 Å². The molecule has 0 bridgehead atoms. The van der Waals surface area contributed by atoms with E-state index < -0.39 is 5.60 Å². The van der Waals surface area contributed by atoms with Gasteiger partial charge >= 0.3 is 6.09 Å². The Bertz CT molecular complexity index is 321. The summed E-state index contributed by atoms with van der Waals surface area (Å²) >= 11 is 0. The van der Waals surface area contributed by atoms with Crippen molar-refractivity contribution < 1.29 is 14.6 Å². The van der Waals surface area contributed by atoms with Gasteiger partial charge in [0.15, 0.2) is 0 Å². The number of aliphatic hydroxyl groups excluding tert-OH is 1. The average molecular weight is 270 g/mol. The third-order valence-electron chi connectivity index (χ3n) is 3.99. The maximum absolute atomic E-state index is 12.2. The summed E-state index contributed by atoms with van der Waals surface area (Å²) in [7, 11) is 0. The lowest BCUT2D eigenvalue weighted by Crippen LogP contribution is -2.59. The molecule has 5 heteroatoms. The second kappa shape index (κ2) is 5.67. The van der Waals surface area contributed by atoms with Crippen LogP contribution in [0.2, 0.25) is 0 Å². The molecule has 1 aliphatic heterocycles. The monoisotopic (exact) mass is 270 g/mol. The van der Waals surface area contributed by atoms with E-state index in [1.54, 1.807) is 0 Å². The predicted octanol–water partition coefficient (Wildman–Crippen LogP) is 1.21. The summed E-state index contributed by atoms with van der Waals surface area (Å²) in [6.07, 6.45) is 1.83. The number of rotatable bonds is 2. The van der Waals surface area contributed by atoms with Gasteiger partial charge in [0, 0.05) is 26.2 Å². The van der Waals surface area contributed by atoms with Crippen molar-refractivity contribution in [2.24, 2.45) is 11.8 Å². The van der Waals surface area contributed by atoms with Gasteiger partial charge < -0.3 is 20.1 Å². The van der Waals surface area contributed by atoms with Crippen molar-refractivity contribution in [2.75, 3.05) is 26.2 Å². The number of hydrogen-bond acceptors (Lipinski definition) is 4. The number of ether oxygens (including phenoxy) is 1. The zero-order valence-corrected chi connectivity index (χ0v) is 12.2. The standard InChI is InChI=1S/C14H26N2O3/c1-14(2,3)19-13(18)16-5-4-15-8-12(16)11-6-10(7-11)9-17/h10-12,15,17H,4-9H2,1-3H3. The van der Waals surface area contributed by atoms with E-state index in [4.69, 9.17) is 9.84 Å². The Morgan fingerprint density at radius 3 is 2.68 bits per heavy atom. The highest BCUT2D eigenvalue weighted by molar-refractivity contribution is 5.68. The molecule has 0 aromatic rings. The number of piperazine rings is 1. The van der Waals surface area contributed by atoms with Gasteiger partial charge in [0.1, 0.15) is 5.60 Å². The first-order valence-electron chi connectivity index (χ1n) is 7.22. The molecule has 0 spiro atoms. The maximum atomic E-state index is 12.2. The number of hydrogen-bond donors (Lipinski definition) is 2. The molecule has 2 N–H and O–H groups in total. The Kier molecular flexibility index (Phi) is 4.36. The molecule has 0 aromatic carbocycles. The van der Waals surface area contributed by atoms with Gasteiger partial charge in [-0.05, 0) is 45.4 Å². The van der Waals surface area contributed by atoms with Crippen molar-refractivity contribution in [1.82, 2.24) is 10.2 Å². The first-order valence-corrected chi connectivity index (χ1v) is 7.22. The number of nitrogens with one attached hydrogen (secondary N) is 1. The van der Waals surface area contributed by atoms with Crippen LogP contribution in [0.15, 0.2) is 0 Å². The zero-order valence-electron chi connectivity index (χ0n) is 12.2. The summed E-state index contributed by atoms with van der Waals surface area (Å²) in [5.41, 5.74) is -0.445. The summed E-state index contributed by atoms with van der Waals surface area (Å²) in [6.45, 7) is 8.32. The fourth-order valence-corrected chi connectivity index (χ4v) is 2.94. The smallest absolute Gasteiger partial charge is 0.410 e. The molecule has 1 aliphatic carbocycles. The molecule has 1 saturated carbocycles. The van der Waals surface area contributed by atoms with Crippen LogP contribution in [0.3, 0.4) is 0 Å². The lowest BCUT2D eigenvalue weighted by Gasteiger charge is -2.46. The number of nitrogens with zero attached hydrogens (tertiary/aromatic N) is 1. The topological polar surface area (TPSA) is 61.8 Å². The van der Waals surface area contributed by atoms with Gasteiger partial charge in [0.25, 0.3) is 0 Å². The number of amides is 1. The van der Waals surface area contributed by atoms with E-state index in [1.165, 1.54) is 0 Å². The van der Waals surface area contributed by atoms with Crippen molar-refractivity contribution in [3.8, 4) is 0 Å². The summed E-state index contributed by atoms with van der Waals surface area (Å²) in [5, 5.41) is 12.5. The molecule has 2 fully saturated rings. The summed E-state index contributed by atoms with van der Waals surface area (Å²) in [6, 6.07) is 0.214. The van der Waals surface area contributed by atoms with Crippen LogP contribution in [0.5, 0.6) is 0 Å². The fourth-order valence-electron chi connectivity index (χ4n) is 2.94. The molecule has 1 amide bonds. The van der Waals surface area contributed by atoms with Crippen molar-refractivity contribution in [3.63, 3.8) is 0 Å². The number of carbonyl (C=O) groups excluding carboxylic acids is 1. The molecule has 2 rings (SSSR count). The van der Waals surface area contributed by atoms with Crippen LogP contribution in [0.25, 0.3) is 0 Å². The van der Waals surface area contributed by atoms with Gasteiger partial charge in [-0.1, -0.05) is 0 Å². The molecule has 1 atom stereocenters. The lowest BCUT2D eigenvalue weighted by atomic mass is 9.71. The summed E-state index contributed by atoms with van der Waals surface area (Å²) in [4.78, 5) is 14.1. The Labute approximate surface area is 115 Å². The van der Waals surface area contributed by atoms with Crippen molar-refractivity contribution in [1.29, 1.82) is 0 Å². The van der Waals surface area contributed by atoms with Crippen LogP contribution < -0.4 is 5.32 Å². The van der Waals surface area contributed by atoms with Crippen LogP contribution in [-0.2, 0) is 4.74 Å². The van der Waals surface area contributed by atoms with Gasteiger partial charge in [0.05, 0.1) is 6.04 Å². The molecule has 5 nitrogen and oxygen atoms in total. The molecule has 2 aliphatic rings. The van der Waals surface area contributed by atoms with Gasteiger partial charge in [-0.3, -0.25) is 0 Å². The van der Waals surface area contributed by atoms with E-state index in [1.807, 2.05) is 25.7 Å². The molecule has 1 saturated heterocycles. The Balaban J connectivity index is 1.94. The quantitative estimate of drug-likeness (QED) is 0.792. The average Bonchev–Trinajstić information content (AvgIpc) is 2.26. The maximum Gasteiger partial charge on any atom is 0.410 e. The third-order valence-corrected chi connectivity index (χ3v) is 3.99. The second-order valence-corrected chi connectivity index (χ2v) is 6.73. The number of carbonyl (C=O) groups is 1. The van der Waals surface area contributed by atoms with E-state index in [0.717, 1.165) is 25.9 Å². The molecule has 1 heterocycles. The minimum absolute atomic E-state index is 0.202. The second-order valence-electron chi connectivity index (χ2n) is 6.73. The molecule has 1 unspecified atom stereocenters. The van der Waals surface area contributed by atoms with Crippen molar-refractivity contribution in [2.45, 2.75) is 45.3 Å².